The van der Waals surface area contributed by atoms with E-state index in [1.54, 1.807) is 0 Å². The maximum Gasteiger partial charge on any atom is 0.233 e. The normalized spacial score (nSPS) is 10.2. The highest BCUT2D eigenvalue weighted by Gasteiger charge is 2.09. The van der Waals surface area contributed by atoms with E-state index in [0.717, 1.165) is 0 Å². The van der Waals surface area contributed by atoms with E-state index in [4.69, 9.17) is 0 Å². The minimum atomic E-state index is -0.414. The Balaban J connectivity index is 2.37. The van der Waals surface area contributed by atoms with Crippen molar-refractivity contribution in [1.82, 2.24) is 5.32 Å². The van der Waals surface area contributed by atoms with Gasteiger partial charge in [-0.15, -0.1) is 0 Å². The zero-order chi connectivity index (χ0) is 13.5. The van der Waals surface area contributed by atoms with Crippen LogP contribution in [0.15, 0.2) is 24.3 Å². The van der Waals surface area contributed by atoms with Gasteiger partial charge in [-0.05, 0) is 30.2 Å². The summed E-state index contributed by atoms with van der Waals surface area (Å²) in [7, 11) is 0. The van der Waals surface area contributed by atoms with Gasteiger partial charge < -0.3 is 10.6 Å². The average molecular weight is 252 g/mol. The second kappa shape index (κ2) is 6.74. The Morgan fingerprint density at radius 2 is 1.78 bits per heavy atom. The lowest BCUT2D eigenvalue weighted by atomic mass is 10.2. The number of hydrogen-bond acceptors (Lipinski definition) is 2. The number of hydrogen-bond donors (Lipinski definition) is 2. The molecule has 0 saturated heterocycles. The van der Waals surface area contributed by atoms with Gasteiger partial charge in [0.1, 0.15) is 12.2 Å². The van der Waals surface area contributed by atoms with Crippen LogP contribution in [-0.2, 0) is 9.59 Å². The van der Waals surface area contributed by atoms with Crippen LogP contribution in [0.2, 0.25) is 0 Å². The van der Waals surface area contributed by atoms with Crippen molar-refractivity contribution in [3.63, 3.8) is 0 Å². The first-order valence-corrected chi connectivity index (χ1v) is 5.79. The predicted molar refractivity (Wildman–Crippen MR) is 67.5 cm³/mol. The molecule has 0 aliphatic heterocycles. The first-order chi connectivity index (χ1) is 8.47. The van der Waals surface area contributed by atoms with Crippen molar-refractivity contribution in [3.05, 3.63) is 30.1 Å². The molecule has 0 fully saturated rings. The number of halogens is 1. The second-order valence-electron chi connectivity index (χ2n) is 4.43. The van der Waals surface area contributed by atoms with Crippen LogP contribution < -0.4 is 10.6 Å². The number of rotatable bonds is 5. The van der Waals surface area contributed by atoms with Crippen LogP contribution in [-0.4, -0.2) is 18.4 Å². The van der Waals surface area contributed by atoms with Crippen LogP contribution in [0.25, 0.3) is 0 Å². The minimum Gasteiger partial charge on any atom is -0.355 e. The Morgan fingerprint density at radius 3 is 2.33 bits per heavy atom. The van der Waals surface area contributed by atoms with Crippen LogP contribution in [0.3, 0.4) is 0 Å². The molecule has 98 valence electrons. The van der Waals surface area contributed by atoms with E-state index in [1.807, 2.05) is 13.8 Å². The highest BCUT2D eigenvalue weighted by Crippen LogP contribution is 2.08. The fraction of sp³-hybridized carbons (Fsp3) is 0.385. The fourth-order valence-corrected chi connectivity index (χ4v) is 1.26. The third-order valence-corrected chi connectivity index (χ3v) is 2.16. The van der Waals surface area contributed by atoms with Gasteiger partial charge in [-0.3, -0.25) is 9.59 Å². The molecule has 5 heteroatoms. The molecule has 18 heavy (non-hydrogen) atoms. The highest BCUT2D eigenvalue weighted by atomic mass is 19.1. The van der Waals surface area contributed by atoms with Crippen LogP contribution in [0.1, 0.15) is 20.3 Å². The Kier molecular flexibility index (Phi) is 5.30. The van der Waals surface area contributed by atoms with Gasteiger partial charge in [0.2, 0.25) is 11.8 Å². The second-order valence-corrected chi connectivity index (χ2v) is 4.43. The molecule has 4 nitrogen and oxygen atoms in total. The molecular weight excluding hydrogens is 235 g/mol. The molecule has 2 N–H and O–H groups in total. The van der Waals surface area contributed by atoms with Crippen molar-refractivity contribution in [2.24, 2.45) is 5.92 Å². The van der Waals surface area contributed by atoms with E-state index < -0.39 is 5.91 Å². The van der Waals surface area contributed by atoms with Crippen molar-refractivity contribution in [3.8, 4) is 0 Å². The lowest BCUT2D eigenvalue weighted by Gasteiger charge is -2.08. The number of benzene rings is 1. The smallest absolute Gasteiger partial charge is 0.233 e. The summed E-state index contributed by atoms with van der Waals surface area (Å²) in [6.07, 6.45) is -0.232. The van der Waals surface area contributed by atoms with Crippen molar-refractivity contribution in [2.45, 2.75) is 20.3 Å². The molecule has 0 radical (unpaired) electrons. The molecule has 0 unspecified atom stereocenters. The third kappa shape index (κ3) is 5.43. The maximum atomic E-state index is 12.6. The SMILES string of the molecule is CC(C)CNC(=O)CC(=O)Nc1ccc(F)cc1. The zero-order valence-electron chi connectivity index (χ0n) is 10.5. The summed E-state index contributed by atoms with van der Waals surface area (Å²) in [5.41, 5.74) is 0.470. The number of amides is 2. The van der Waals surface area contributed by atoms with Gasteiger partial charge >= 0.3 is 0 Å². The number of anilines is 1. The number of carbonyl (C=O) groups is 2. The Labute approximate surface area is 106 Å². The lowest BCUT2D eigenvalue weighted by molar-refractivity contribution is -0.126. The molecule has 1 aromatic rings. The Bertz CT molecular complexity index is 416. The fourth-order valence-electron chi connectivity index (χ4n) is 1.26. The molecular formula is C13H17FN2O2. The molecule has 2 amide bonds. The number of carbonyl (C=O) groups excluding carboxylic acids is 2. The van der Waals surface area contributed by atoms with Crippen LogP contribution in [0, 0.1) is 11.7 Å². The van der Waals surface area contributed by atoms with Crippen molar-refractivity contribution < 1.29 is 14.0 Å². The van der Waals surface area contributed by atoms with Crippen LogP contribution >= 0.6 is 0 Å². The predicted octanol–water partition coefficient (Wildman–Crippen LogP) is 1.93. The van der Waals surface area contributed by atoms with E-state index in [1.165, 1.54) is 24.3 Å². The molecule has 0 aromatic heterocycles. The van der Waals surface area contributed by atoms with Gasteiger partial charge in [-0.25, -0.2) is 4.39 Å². The monoisotopic (exact) mass is 252 g/mol. The van der Waals surface area contributed by atoms with E-state index in [-0.39, 0.29) is 18.1 Å². The standard InChI is InChI=1S/C13H17FN2O2/c1-9(2)8-15-12(17)7-13(18)16-11-5-3-10(14)4-6-11/h3-6,9H,7-8H2,1-2H3,(H,15,17)(H,16,18). The lowest BCUT2D eigenvalue weighted by Crippen LogP contribution is -2.30. The maximum absolute atomic E-state index is 12.6. The summed E-state index contributed by atoms with van der Waals surface area (Å²) in [6, 6.07) is 5.38. The summed E-state index contributed by atoms with van der Waals surface area (Å²) in [5, 5.41) is 5.17. The van der Waals surface area contributed by atoms with Gasteiger partial charge in [-0.1, -0.05) is 13.8 Å². The first kappa shape index (κ1) is 14.2. The quantitative estimate of drug-likeness (QED) is 0.787. The first-order valence-electron chi connectivity index (χ1n) is 5.79. The Hall–Kier alpha value is -1.91. The molecule has 0 heterocycles. The van der Waals surface area contributed by atoms with E-state index in [9.17, 15) is 14.0 Å². The average Bonchev–Trinajstić information content (AvgIpc) is 2.29. The molecule has 0 bridgehead atoms. The molecule has 0 aliphatic carbocycles. The van der Waals surface area contributed by atoms with Gasteiger partial charge in [-0.2, -0.15) is 0 Å². The van der Waals surface area contributed by atoms with E-state index in [0.29, 0.717) is 18.2 Å². The molecule has 0 atom stereocenters. The van der Waals surface area contributed by atoms with Crippen molar-refractivity contribution in [2.75, 3.05) is 11.9 Å². The Morgan fingerprint density at radius 1 is 1.17 bits per heavy atom. The number of nitrogens with one attached hydrogen (secondary N) is 2. The molecule has 1 rings (SSSR count). The molecule has 0 saturated carbocycles. The summed E-state index contributed by atoms with van der Waals surface area (Å²) < 4.78 is 12.6. The summed E-state index contributed by atoms with van der Waals surface area (Å²) in [4.78, 5) is 22.9. The van der Waals surface area contributed by atoms with Crippen molar-refractivity contribution >= 4 is 17.5 Å². The topological polar surface area (TPSA) is 58.2 Å². The van der Waals surface area contributed by atoms with E-state index >= 15 is 0 Å². The van der Waals surface area contributed by atoms with Gasteiger partial charge in [0, 0.05) is 12.2 Å². The van der Waals surface area contributed by atoms with Gasteiger partial charge in [0.15, 0.2) is 0 Å². The summed E-state index contributed by atoms with van der Waals surface area (Å²) in [5.74, 6) is -0.761. The zero-order valence-corrected chi connectivity index (χ0v) is 10.5. The molecule has 0 aliphatic rings. The van der Waals surface area contributed by atoms with Crippen LogP contribution in [0.5, 0.6) is 0 Å². The van der Waals surface area contributed by atoms with Gasteiger partial charge in [0.25, 0.3) is 0 Å². The third-order valence-electron chi connectivity index (χ3n) is 2.16. The summed E-state index contributed by atoms with van der Waals surface area (Å²) in [6.45, 7) is 4.49. The van der Waals surface area contributed by atoms with Crippen molar-refractivity contribution in [1.29, 1.82) is 0 Å². The molecule has 0 spiro atoms. The largest absolute Gasteiger partial charge is 0.355 e. The minimum absolute atomic E-state index is 0.232. The van der Waals surface area contributed by atoms with Gasteiger partial charge in [0.05, 0.1) is 0 Å². The highest BCUT2D eigenvalue weighted by molar-refractivity contribution is 6.03. The van der Waals surface area contributed by atoms with Crippen LogP contribution in [0.4, 0.5) is 10.1 Å². The summed E-state index contributed by atoms with van der Waals surface area (Å²) >= 11 is 0. The van der Waals surface area contributed by atoms with E-state index in [2.05, 4.69) is 10.6 Å². The molecule has 1 aromatic carbocycles.